The lowest BCUT2D eigenvalue weighted by atomic mass is 10.1. The van der Waals surface area contributed by atoms with Crippen LogP contribution in [0.2, 0.25) is 0 Å². The summed E-state index contributed by atoms with van der Waals surface area (Å²) in [6, 6.07) is 5.71. The van der Waals surface area contributed by atoms with E-state index in [0.717, 1.165) is 5.69 Å². The van der Waals surface area contributed by atoms with Gasteiger partial charge >= 0.3 is 6.09 Å². The standard InChI is InChI=1S/C14H23N3O2/c1-14(2,3)19-13(18)17-12(10-15-4)9-11-7-5-6-8-16-11/h5-8,12,15H,9-10H2,1-4H3,(H,17,18). The van der Waals surface area contributed by atoms with Gasteiger partial charge in [0.2, 0.25) is 0 Å². The highest BCUT2D eigenvalue weighted by atomic mass is 16.6. The van der Waals surface area contributed by atoms with Crippen molar-refractivity contribution >= 4 is 6.09 Å². The molecule has 1 rings (SSSR count). The monoisotopic (exact) mass is 265 g/mol. The molecule has 1 heterocycles. The minimum Gasteiger partial charge on any atom is -0.444 e. The molecular formula is C14H23N3O2. The van der Waals surface area contributed by atoms with Crippen LogP contribution in [0.15, 0.2) is 24.4 Å². The molecule has 0 saturated heterocycles. The van der Waals surface area contributed by atoms with Crippen molar-refractivity contribution in [2.24, 2.45) is 0 Å². The first-order valence-electron chi connectivity index (χ1n) is 6.45. The van der Waals surface area contributed by atoms with Crippen LogP contribution in [0.4, 0.5) is 4.79 Å². The fourth-order valence-electron chi connectivity index (χ4n) is 1.67. The largest absolute Gasteiger partial charge is 0.444 e. The fraction of sp³-hybridized carbons (Fsp3) is 0.571. The van der Waals surface area contributed by atoms with Gasteiger partial charge in [0.1, 0.15) is 5.60 Å². The first kappa shape index (κ1) is 15.4. The van der Waals surface area contributed by atoms with Crippen molar-refractivity contribution in [3.05, 3.63) is 30.1 Å². The summed E-state index contributed by atoms with van der Waals surface area (Å²) in [7, 11) is 1.85. The van der Waals surface area contributed by atoms with E-state index in [1.807, 2.05) is 46.0 Å². The number of likely N-dealkylation sites (N-methyl/N-ethyl adjacent to an activating group) is 1. The lowest BCUT2D eigenvalue weighted by Gasteiger charge is -2.23. The molecule has 0 aliphatic carbocycles. The first-order chi connectivity index (χ1) is 8.90. The van der Waals surface area contributed by atoms with Crippen molar-refractivity contribution in [2.45, 2.75) is 38.8 Å². The van der Waals surface area contributed by atoms with Crippen LogP contribution in [0.5, 0.6) is 0 Å². The summed E-state index contributed by atoms with van der Waals surface area (Å²) in [6.07, 6.45) is 2.02. The second-order valence-corrected chi connectivity index (χ2v) is 5.43. The van der Waals surface area contributed by atoms with Gasteiger partial charge in [-0.05, 0) is 40.0 Å². The van der Waals surface area contributed by atoms with E-state index < -0.39 is 11.7 Å². The first-order valence-corrected chi connectivity index (χ1v) is 6.45. The molecule has 1 aromatic rings. The van der Waals surface area contributed by atoms with Gasteiger partial charge in [-0.1, -0.05) is 6.07 Å². The molecule has 5 nitrogen and oxygen atoms in total. The number of rotatable bonds is 5. The zero-order valence-corrected chi connectivity index (χ0v) is 12.1. The van der Waals surface area contributed by atoms with Crippen LogP contribution in [0, 0.1) is 0 Å². The van der Waals surface area contributed by atoms with Crippen LogP contribution in [-0.4, -0.2) is 36.3 Å². The van der Waals surface area contributed by atoms with Crippen molar-refractivity contribution in [3.8, 4) is 0 Å². The summed E-state index contributed by atoms with van der Waals surface area (Å²) in [4.78, 5) is 16.0. The Bertz CT molecular complexity index is 387. The maximum atomic E-state index is 11.8. The van der Waals surface area contributed by atoms with Gasteiger partial charge in [0.05, 0.1) is 6.04 Å². The zero-order valence-electron chi connectivity index (χ0n) is 12.1. The van der Waals surface area contributed by atoms with Gasteiger partial charge in [-0.15, -0.1) is 0 Å². The van der Waals surface area contributed by atoms with Gasteiger partial charge in [0.15, 0.2) is 0 Å². The Labute approximate surface area is 114 Å². The Morgan fingerprint density at radius 3 is 2.68 bits per heavy atom. The Morgan fingerprint density at radius 1 is 1.42 bits per heavy atom. The second-order valence-electron chi connectivity index (χ2n) is 5.43. The molecule has 19 heavy (non-hydrogen) atoms. The van der Waals surface area contributed by atoms with Crippen LogP contribution in [-0.2, 0) is 11.2 Å². The number of ether oxygens (including phenoxy) is 1. The molecule has 0 aromatic carbocycles. The number of hydrogen-bond acceptors (Lipinski definition) is 4. The van der Waals surface area contributed by atoms with Gasteiger partial charge in [0.25, 0.3) is 0 Å². The molecule has 0 saturated carbocycles. The molecule has 1 aromatic heterocycles. The molecule has 0 bridgehead atoms. The van der Waals surface area contributed by atoms with Gasteiger partial charge < -0.3 is 15.4 Å². The number of carbonyl (C=O) groups is 1. The Hall–Kier alpha value is -1.62. The van der Waals surface area contributed by atoms with Crippen molar-refractivity contribution in [3.63, 3.8) is 0 Å². The van der Waals surface area contributed by atoms with Crippen LogP contribution in [0.1, 0.15) is 26.5 Å². The lowest BCUT2D eigenvalue weighted by molar-refractivity contribution is 0.0504. The second kappa shape index (κ2) is 7.09. The number of aromatic nitrogens is 1. The maximum Gasteiger partial charge on any atom is 0.407 e. The van der Waals surface area contributed by atoms with E-state index in [1.165, 1.54) is 0 Å². The number of alkyl carbamates (subject to hydrolysis) is 1. The summed E-state index contributed by atoms with van der Waals surface area (Å²) in [5.41, 5.74) is 0.457. The van der Waals surface area contributed by atoms with Gasteiger partial charge in [0, 0.05) is 24.9 Å². The predicted octanol–water partition coefficient (Wildman–Crippen LogP) is 1.74. The van der Waals surface area contributed by atoms with Crippen molar-refractivity contribution in [2.75, 3.05) is 13.6 Å². The van der Waals surface area contributed by atoms with Crippen LogP contribution < -0.4 is 10.6 Å². The summed E-state index contributed by atoms with van der Waals surface area (Å²) in [5, 5.41) is 5.92. The molecule has 1 amide bonds. The van der Waals surface area contributed by atoms with Crippen LogP contribution in [0.3, 0.4) is 0 Å². The topological polar surface area (TPSA) is 63.2 Å². The normalized spacial score (nSPS) is 12.8. The number of pyridine rings is 1. The molecule has 1 unspecified atom stereocenters. The number of hydrogen-bond donors (Lipinski definition) is 2. The van der Waals surface area contributed by atoms with Gasteiger partial charge in [-0.25, -0.2) is 4.79 Å². The highest BCUT2D eigenvalue weighted by molar-refractivity contribution is 5.68. The van der Waals surface area contributed by atoms with E-state index in [0.29, 0.717) is 13.0 Å². The van der Waals surface area contributed by atoms with E-state index in [9.17, 15) is 4.79 Å². The third-order valence-corrected chi connectivity index (χ3v) is 2.35. The lowest BCUT2D eigenvalue weighted by Crippen LogP contribution is -2.45. The molecule has 2 N–H and O–H groups in total. The van der Waals surface area contributed by atoms with E-state index in [4.69, 9.17) is 4.74 Å². The summed E-state index contributed by atoms with van der Waals surface area (Å²) < 4.78 is 5.25. The third kappa shape index (κ3) is 6.76. The number of carbonyl (C=O) groups excluding carboxylic acids is 1. The molecule has 5 heteroatoms. The van der Waals surface area contributed by atoms with Gasteiger partial charge in [-0.2, -0.15) is 0 Å². The average molecular weight is 265 g/mol. The van der Waals surface area contributed by atoms with Crippen molar-refractivity contribution in [1.29, 1.82) is 0 Å². The quantitative estimate of drug-likeness (QED) is 0.851. The minimum absolute atomic E-state index is 0.0465. The molecule has 0 spiro atoms. The zero-order chi connectivity index (χ0) is 14.3. The van der Waals surface area contributed by atoms with E-state index in [1.54, 1.807) is 6.20 Å². The Balaban J connectivity index is 2.55. The number of amides is 1. The maximum absolute atomic E-state index is 11.8. The molecule has 0 radical (unpaired) electrons. The van der Waals surface area contributed by atoms with Crippen LogP contribution in [0.25, 0.3) is 0 Å². The minimum atomic E-state index is -0.487. The van der Waals surface area contributed by atoms with E-state index in [2.05, 4.69) is 15.6 Å². The summed E-state index contributed by atoms with van der Waals surface area (Å²) in [6.45, 7) is 6.20. The predicted molar refractivity (Wildman–Crippen MR) is 75.0 cm³/mol. The van der Waals surface area contributed by atoms with Crippen molar-refractivity contribution < 1.29 is 9.53 Å². The third-order valence-electron chi connectivity index (χ3n) is 2.35. The Morgan fingerprint density at radius 2 is 2.16 bits per heavy atom. The fourth-order valence-corrected chi connectivity index (χ4v) is 1.67. The molecular weight excluding hydrogens is 242 g/mol. The average Bonchev–Trinajstić information content (AvgIpc) is 2.27. The summed E-state index contributed by atoms with van der Waals surface area (Å²) >= 11 is 0. The van der Waals surface area contributed by atoms with Crippen LogP contribution >= 0.6 is 0 Å². The summed E-state index contributed by atoms with van der Waals surface area (Å²) in [5.74, 6) is 0. The highest BCUT2D eigenvalue weighted by Gasteiger charge is 2.19. The number of nitrogens with zero attached hydrogens (tertiary/aromatic N) is 1. The smallest absolute Gasteiger partial charge is 0.407 e. The molecule has 0 aliphatic heterocycles. The Kier molecular flexibility index (Phi) is 5.76. The van der Waals surface area contributed by atoms with E-state index >= 15 is 0 Å². The van der Waals surface area contributed by atoms with Crippen molar-refractivity contribution in [1.82, 2.24) is 15.6 Å². The van der Waals surface area contributed by atoms with Gasteiger partial charge in [-0.3, -0.25) is 4.98 Å². The van der Waals surface area contributed by atoms with E-state index in [-0.39, 0.29) is 6.04 Å². The highest BCUT2D eigenvalue weighted by Crippen LogP contribution is 2.07. The SMILES string of the molecule is CNCC(Cc1ccccn1)NC(=O)OC(C)(C)C. The molecule has 1 atom stereocenters. The number of nitrogens with one attached hydrogen (secondary N) is 2. The molecule has 0 aliphatic rings. The molecule has 106 valence electrons. The molecule has 0 fully saturated rings.